The van der Waals surface area contributed by atoms with E-state index >= 15 is 0 Å². The molecule has 1 aromatic rings. The van der Waals surface area contributed by atoms with E-state index < -0.39 is 5.97 Å². The van der Waals surface area contributed by atoms with Gasteiger partial charge in [0.25, 0.3) is 0 Å². The summed E-state index contributed by atoms with van der Waals surface area (Å²) in [5.74, 6) is 4.26. The molecule has 0 atom stereocenters. The monoisotopic (exact) mass is 215 g/mol. The summed E-state index contributed by atoms with van der Waals surface area (Å²) < 4.78 is 0. The van der Waals surface area contributed by atoms with Crippen molar-refractivity contribution < 1.29 is 9.90 Å². The highest BCUT2D eigenvalue weighted by atomic mass is 16.4. The Hall–Kier alpha value is -2.44. The van der Waals surface area contributed by atoms with Crippen LogP contribution in [0.15, 0.2) is 23.3 Å². The quantitative estimate of drug-likeness (QED) is 0.355. The summed E-state index contributed by atoms with van der Waals surface area (Å²) in [5, 5.41) is 12.2. The maximum atomic E-state index is 11.0. The van der Waals surface area contributed by atoms with Gasteiger partial charge in [-0.15, -0.1) is 0 Å². The first-order valence-corrected chi connectivity index (χ1v) is 4.49. The van der Waals surface area contributed by atoms with Crippen LogP contribution in [0.1, 0.15) is 21.5 Å². The van der Waals surface area contributed by atoms with Crippen LogP contribution in [0.5, 0.6) is 0 Å². The molecule has 1 N–H and O–H groups in total. The predicted molar refractivity (Wildman–Crippen MR) is 59.0 cm³/mol. The van der Waals surface area contributed by atoms with Crippen LogP contribution < -0.4 is 0 Å². The summed E-state index contributed by atoms with van der Waals surface area (Å²) in [4.78, 5) is 13.5. The van der Waals surface area contributed by atoms with Gasteiger partial charge in [-0.2, -0.15) is 0 Å². The molecule has 0 bridgehead atoms. The zero-order valence-electron chi connectivity index (χ0n) is 8.64. The zero-order chi connectivity index (χ0) is 12.0. The molecule has 0 aliphatic carbocycles. The number of azide groups is 1. The van der Waals surface area contributed by atoms with Crippen LogP contribution in [-0.2, 0) is 0 Å². The van der Waals surface area contributed by atoms with Crippen molar-refractivity contribution in [3.63, 3.8) is 0 Å². The summed E-state index contributed by atoms with van der Waals surface area (Å²) in [5.41, 5.74) is 9.32. The summed E-state index contributed by atoms with van der Waals surface area (Å²) in [7, 11) is 0. The van der Waals surface area contributed by atoms with E-state index in [-0.39, 0.29) is 12.1 Å². The number of carbonyl (C=O) groups is 1. The van der Waals surface area contributed by atoms with Gasteiger partial charge in [-0.3, -0.25) is 0 Å². The van der Waals surface area contributed by atoms with E-state index in [9.17, 15) is 4.79 Å². The van der Waals surface area contributed by atoms with Crippen molar-refractivity contribution in [1.82, 2.24) is 0 Å². The first-order chi connectivity index (χ1) is 7.66. The number of rotatable bonds is 2. The molecule has 0 aliphatic rings. The Morgan fingerprint density at radius 1 is 1.62 bits per heavy atom. The van der Waals surface area contributed by atoms with Crippen molar-refractivity contribution >= 4 is 5.97 Å². The first-order valence-electron chi connectivity index (χ1n) is 4.49. The number of nitrogens with zero attached hydrogens (tertiary/aromatic N) is 3. The standard InChI is InChI=1S/C11H9N3O2/c1-8-4-2-5-9(10(8)11(15)16)6-3-7-13-14-12/h2,4-5H,7H2,1H3,(H,15,16). The molecule has 1 aromatic carbocycles. The maximum absolute atomic E-state index is 11.0. The fourth-order valence-corrected chi connectivity index (χ4v) is 1.26. The van der Waals surface area contributed by atoms with Crippen LogP contribution in [0, 0.1) is 18.8 Å². The van der Waals surface area contributed by atoms with Gasteiger partial charge in [0.05, 0.1) is 12.1 Å². The van der Waals surface area contributed by atoms with Crippen molar-refractivity contribution in [3.8, 4) is 11.8 Å². The van der Waals surface area contributed by atoms with Crippen LogP contribution in [0.25, 0.3) is 10.4 Å². The largest absolute Gasteiger partial charge is 0.478 e. The van der Waals surface area contributed by atoms with E-state index in [0.29, 0.717) is 11.1 Å². The lowest BCUT2D eigenvalue weighted by Gasteiger charge is -2.02. The average Bonchev–Trinajstić information content (AvgIpc) is 2.24. The van der Waals surface area contributed by atoms with E-state index in [1.165, 1.54) is 0 Å². The van der Waals surface area contributed by atoms with Gasteiger partial charge in [0, 0.05) is 10.5 Å². The van der Waals surface area contributed by atoms with Crippen LogP contribution in [-0.4, -0.2) is 17.6 Å². The lowest BCUT2D eigenvalue weighted by molar-refractivity contribution is 0.0696. The highest BCUT2D eigenvalue weighted by Gasteiger charge is 2.10. The van der Waals surface area contributed by atoms with Crippen molar-refractivity contribution in [2.45, 2.75) is 6.92 Å². The Kier molecular flexibility index (Phi) is 3.96. The summed E-state index contributed by atoms with van der Waals surface area (Å²) >= 11 is 0. The third kappa shape index (κ3) is 2.77. The summed E-state index contributed by atoms with van der Waals surface area (Å²) in [6.07, 6.45) is 0. The van der Waals surface area contributed by atoms with Gasteiger partial charge in [-0.1, -0.05) is 29.1 Å². The molecule has 16 heavy (non-hydrogen) atoms. The molecule has 0 unspecified atom stereocenters. The number of carboxylic acids is 1. The van der Waals surface area contributed by atoms with E-state index in [0.717, 1.165) is 0 Å². The Morgan fingerprint density at radius 2 is 2.38 bits per heavy atom. The normalized spacial score (nSPS) is 8.56. The van der Waals surface area contributed by atoms with Gasteiger partial charge < -0.3 is 5.11 Å². The van der Waals surface area contributed by atoms with Crippen LogP contribution in [0.4, 0.5) is 0 Å². The molecule has 0 radical (unpaired) electrons. The molecule has 0 spiro atoms. The molecular formula is C11H9N3O2. The SMILES string of the molecule is Cc1cccc(C#CCN=[N+]=[N-])c1C(=O)O. The molecular weight excluding hydrogens is 206 g/mol. The lowest BCUT2D eigenvalue weighted by atomic mass is 10.0. The molecule has 0 aromatic heterocycles. The molecule has 80 valence electrons. The molecule has 5 heteroatoms. The third-order valence-corrected chi connectivity index (χ3v) is 1.92. The van der Waals surface area contributed by atoms with E-state index in [1.54, 1.807) is 25.1 Å². The molecule has 0 saturated heterocycles. The fourth-order valence-electron chi connectivity index (χ4n) is 1.26. The second-order valence-corrected chi connectivity index (χ2v) is 2.99. The Balaban J connectivity index is 3.11. The molecule has 0 amide bonds. The van der Waals surface area contributed by atoms with Crippen molar-refractivity contribution in [2.24, 2.45) is 5.11 Å². The van der Waals surface area contributed by atoms with Gasteiger partial charge in [0.1, 0.15) is 0 Å². The predicted octanol–water partition coefficient (Wildman–Crippen LogP) is 2.36. The van der Waals surface area contributed by atoms with Crippen LogP contribution >= 0.6 is 0 Å². The number of aromatic carboxylic acids is 1. The number of hydrogen-bond acceptors (Lipinski definition) is 2. The van der Waals surface area contributed by atoms with E-state index in [1.807, 2.05) is 0 Å². The molecule has 1 rings (SSSR count). The minimum Gasteiger partial charge on any atom is -0.478 e. The lowest BCUT2D eigenvalue weighted by Crippen LogP contribution is -2.02. The highest BCUT2D eigenvalue weighted by molar-refractivity contribution is 5.92. The number of benzene rings is 1. The third-order valence-electron chi connectivity index (χ3n) is 1.92. The Bertz CT molecular complexity index is 520. The van der Waals surface area contributed by atoms with Crippen LogP contribution in [0.2, 0.25) is 0 Å². The molecule has 0 saturated carbocycles. The Labute approximate surface area is 92.3 Å². The van der Waals surface area contributed by atoms with Crippen LogP contribution in [0.3, 0.4) is 0 Å². The van der Waals surface area contributed by atoms with E-state index in [4.69, 9.17) is 10.6 Å². The van der Waals surface area contributed by atoms with Gasteiger partial charge in [-0.25, -0.2) is 4.79 Å². The Morgan fingerprint density at radius 3 is 3.00 bits per heavy atom. The minimum atomic E-state index is -1.01. The molecule has 0 heterocycles. The molecule has 0 aliphatic heterocycles. The van der Waals surface area contributed by atoms with E-state index in [2.05, 4.69) is 21.9 Å². The smallest absolute Gasteiger partial charge is 0.337 e. The van der Waals surface area contributed by atoms with Crippen molar-refractivity contribution in [2.75, 3.05) is 6.54 Å². The van der Waals surface area contributed by atoms with Crippen molar-refractivity contribution in [3.05, 3.63) is 45.3 Å². The zero-order valence-corrected chi connectivity index (χ0v) is 8.64. The minimum absolute atomic E-state index is 0.0313. The highest BCUT2D eigenvalue weighted by Crippen LogP contribution is 2.12. The second-order valence-electron chi connectivity index (χ2n) is 2.99. The first kappa shape index (κ1) is 11.6. The molecule has 5 nitrogen and oxygen atoms in total. The summed E-state index contributed by atoms with van der Waals surface area (Å²) in [6, 6.07) is 5.07. The van der Waals surface area contributed by atoms with Gasteiger partial charge >= 0.3 is 5.97 Å². The maximum Gasteiger partial charge on any atom is 0.337 e. The second kappa shape index (κ2) is 5.44. The van der Waals surface area contributed by atoms with Gasteiger partial charge in [0.2, 0.25) is 0 Å². The fraction of sp³-hybridized carbons (Fsp3) is 0.182. The van der Waals surface area contributed by atoms with Gasteiger partial charge in [0.15, 0.2) is 0 Å². The topological polar surface area (TPSA) is 86.1 Å². The number of carboxylic acid groups (broad SMARTS) is 1. The average molecular weight is 215 g/mol. The molecule has 0 fully saturated rings. The van der Waals surface area contributed by atoms with Crippen molar-refractivity contribution in [1.29, 1.82) is 0 Å². The van der Waals surface area contributed by atoms with Gasteiger partial charge in [-0.05, 0) is 24.1 Å². The number of aryl methyl sites for hydroxylation is 1. The number of hydrogen-bond donors (Lipinski definition) is 1. The summed E-state index contributed by atoms with van der Waals surface area (Å²) in [6.45, 7) is 1.74.